The summed E-state index contributed by atoms with van der Waals surface area (Å²) in [6, 6.07) is 13.9. The monoisotopic (exact) mass is 365 g/mol. The first-order valence-corrected chi connectivity index (χ1v) is 9.18. The van der Waals surface area contributed by atoms with Crippen LogP contribution < -0.4 is 11.1 Å². The lowest BCUT2D eigenvalue weighted by molar-refractivity contribution is 0.798. The van der Waals surface area contributed by atoms with Gasteiger partial charge in [-0.3, -0.25) is 0 Å². The fourth-order valence-electron chi connectivity index (χ4n) is 2.78. The molecular formula is C18H19N7S. The zero-order valence-corrected chi connectivity index (χ0v) is 15.3. The molecule has 4 aromatic rings. The Morgan fingerprint density at radius 1 is 1.12 bits per heavy atom. The van der Waals surface area contributed by atoms with E-state index in [0.717, 1.165) is 27.7 Å². The minimum absolute atomic E-state index is 0.180. The highest BCUT2D eigenvalue weighted by Gasteiger charge is 2.20. The summed E-state index contributed by atoms with van der Waals surface area (Å²) in [6.45, 7) is 4.25. The molecule has 132 valence electrons. The van der Waals surface area contributed by atoms with Crippen LogP contribution in [0.2, 0.25) is 0 Å². The molecule has 3 aromatic heterocycles. The molecular weight excluding hydrogens is 346 g/mol. The Morgan fingerprint density at radius 3 is 2.62 bits per heavy atom. The number of aromatic nitrogens is 5. The highest BCUT2D eigenvalue weighted by molar-refractivity contribution is 7.15. The molecule has 3 heterocycles. The maximum Gasteiger partial charge on any atom is 0.203 e. The average Bonchev–Trinajstić information content (AvgIpc) is 3.28. The van der Waals surface area contributed by atoms with E-state index in [1.54, 1.807) is 10.7 Å². The summed E-state index contributed by atoms with van der Waals surface area (Å²) in [6.07, 6.45) is 1.75. The Bertz CT molecular complexity index is 1020. The number of fused-ring (bicyclic) bond motifs is 1. The van der Waals surface area contributed by atoms with E-state index >= 15 is 0 Å². The Hall–Kier alpha value is -3.00. The van der Waals surface area contributed by atoms with Gasteiger partial charge < -0.3 is 11.1 Å². The maximum absolute atomic E-state index is 5.82. The van der Waals surface area contributed by atoms with Crippen LogP contribution in [-0.2, 0) is 0 Å². The molecule has 0 radical (unpaired) electrons. The zero-order valence-electron chi connectivity index (χ0n) is 14.5. The number of hydrogen-bond acceptors (Lipinski definition) is 7. The van der Waals surface area contributed by atoms with Gasteiger partial charge in [0.1, 0.15) is 16.9 Å². The lowest BCUT2D eigenvalue weighted by Gasteiger charge is -2.19. The van der Waals surface area contributed by atoms with Gasteiger partial charge in [-0.2, -0.15) is 9.61 Å². The van der Waals surface area contributed by atoms with E-state index in [4.69, 9.17) is 5.73 Å². The zero-order chi connectivity index (χ0) is 18.1. The average molecular weight is 365 g/mol. The number of hydrogen-bond donors (Lipinski definition) is 2. The van der Waals surface area contributed by atoms with Gasteiger partial charge in [0.05, 0.1) is 6.20 Å². The van der Waals surface area contributed by atoms with Gasteiger partial charge in [0.15, 0.2) is 5.65 Å². The number of nitrogens with two attached hydrogens (primary N) is 1. The molecule has 0 saturated heterocycles. The molecule has 0 fully saturated rings. The van der Waals surface area contributed by atoms with Crippen molar-refractivity contribution in [3.8, 4) is 0 Å². The van der Waals surface area contributed by atoms with Gasteiger partial charge in [-0.1, -0.05) is 55.5 Å². The lowest BCUT2D eigenvalue weighted by Crippen LogP contribution is -2.16. The minimum atomic E-state index is -0.180. The molecule has 4 rings (SSSR count). The fourth-order valence-corrected chi connectivity index (χ4v) is 3.47. The van der Waals surface area contributed by atoms with E-state index in [9.17, 15) is 0 Å². The SMILES string of the molecule is CC(C)c1cc(NC(c2ccccc2)c2nnc(N)s2)n2nccc2n1. The number of nitrogens with one attached hydrogen (secondary N) is 1. The highest BCUT2D eigenvalue weighted by atomic mass is 32.1. The molecule has 0 amide bonds. The van der Waals surface area contributed by atoms with Crippen molar-refractivity contribution in [3.05, 3.63) is 64.9 Å². The Kier molecular flexibility index (Phi) is 4.26. The minimum Gasteiger partial charge on any atom is -0.374 e. The summed E-state index contributed by atoms with van der Waals surface area (Å²) in [5.41, 5.74) is 8.70. The summed E-state index contributed by atoms with van der Waals surface area (Å²) < 4.78 is 1.80. The van der Waals surface area contributed by atoms with Crippen LogP contribution in [0.5, 0.6) is 0 Å². The van der Waals surface area contributed by atoms with Crippen molar-refractivity contribution >= 4 is 27.9 Å². The molecule has 3 N–H and O–H groups in total. The number of benzene rings is 1. The third kappa shape index (κ3) is 3.11. The second-order valence-corrected chi connectivity index (χ2v) is 7.33. The number of rotatable bonds is 5. The number of nitrogens with zero attached hydrogens (tertiary/aromatic N) is 5. The predicted molar refractivity (Wildman–Crippen MR) is 103 cm³/mol. The van der Waals surface area contributed by atoms with Crippen molar-refractivity contribution in [1.29, 1.82) is 0 Å². The van der Waals surface area contributed by atoms with Crippen molar-refractivity contribution in [1.82, 2.24) is 24.8 Å². The molecule has 1 atom stereocenters. The fraction of sp³-hybridized carbons (Fsp3) is 0.222. The smallest absolute Gasteiger partial charge is 0.203 e. The van der Waals surface area contributed by atoms with Gasteiger partial charge in [-0.25, -0.2) is 4.98 Å². The molecule has 0 aliphatic heterocycles. The summed E-state index contributed by atoms with van der Waals surface area (Å²) in [5, 5.41) is 17.4. The van der Waals surface area contributed by atoms with Crippen LogP contribution in [0, 0.1) is 0 Å². The molecule has 1 unspecified atom stereocenters. The molecule has 0 bridgehead atoms. The van der Waals surface area contributed by atoms with E-state index in [1.165, 1.54) is 11.3 Å². The van der Waals surface area contributed by atoms with Gasteiger partial charge in [0.2, 0.25) is 5.13 Å². The normalized spacial score (nSPS) is 12.6. The third-order valence-corrected chi connectivity index (χ3v) is 4.92. The standard InChI is InChI=1S/C18H19N7S/c1-11(2)13-10-15(25-14(21-13)8-9-20-25)22-16(12-6-4-3-5-7-12)17-23-24-18(19)26-17/h3-11,16,22H,1-2H3,(H2,19,24). The first-order valence-electron chi connectivity index (χ1n) is 8.37. The number of nitrogen functional groups attached to an aromatic ring is 1. The quantitative estimate of drug-likeness (QED) is 0.562. The molecule has 7 nitrogen and oxygen atoms in total. The molecule has 0 aliphatic rings. The van der Waals surface area contributed by atoms with Gasteiger partial charge in [-0.15, -0.1) is 10.2 Å². The lowest BCUT2D eigenvalue weighted by atomic mass is 10.1. The van der Waals surface area contributed by atoms with Crippen LogP contribution in [0.25, 0.3) is 5.65 Å². The van der Waals surface area contributed by atoms with Crippen LogP contribution in [0.15, 0.2) is 48.7 Å². The first kappa shape index (κ1) is 16.5. The Balaban J connectivity index is 1.81. The summed E-state index contributed by atoms with van der Waals surface area (Å²) >= 11 is 1.38. The largest absolute Gasteiger partial charge is 0.374 e. The van der Waals surface area contributed by atoms with Gasteiger partial charge in [0.25, 0.3) is 0 Å². The van der Waals surface area contributed by atoms with Crippen molar-refractivity contribution in [3.63, 3.8) is 0 Å². The number of anilines is 2. The molecule has 0 saturated carbocycles. The highest BCUT2D eigenvalue weighted by Crippen LogP contribution is 2.30. The summed E-state index contributed by atoms with van der Waals surface area (Å²) in [5.74, 6) is 1.16. The van der Waals surface area contributed by atoms with Crippen LogP contribution in [0.1, 0.15) is 42.1 Å². The van der Waals surface area contributed by atoms with E-state index in [-0.39, 0.29) is 6.04 Å². The summed E-state index contributed by atoms with van der Waals surface area (Å²) in [7, 11) is 0. The van der Waals surface area contributed by atoms with Gasteiger partial charge in [0, 0.05) is 17.8 Å². The second-order valence-electron chi connectivity index (χ2n) is 6.29. The van der Waals surface area contributed by atoms with Gasteiger partial charge in [-0.05, 0) is 11.5 Å². The first-order chi connectivity index (χ1) is 12.6. The maximum atomic E-state index is 5.82. The third-order valence-electron chi connectivity index (χ3n) is 4.10. The van der Waals surface area contributed by atoms with Crippen molar-refractivity contribution in [2.24, 2.45) is 0 Å². The van der Waals surface area contributed by atoms with Crippen LogP contribution in [0.3, 0.4) is 0 Å². The summed E-state index contributed by atoms with van der Waals surface area (Å²) in [4.78, 5) is 4.67. The molecule has 26 heavy (non-hydrogen) atoms. The van der Waals surface area contributed by atoms with Crippen molar-refractivity contribution in [2.75, 3.05) is 11.1 Å². The van der Waals surface area contributed by atoms with Gasteiger partial charge >= 0.3 is 0 Å². The van der Waals surface area contributed by atoms with Crippen LogP contribution in [0.4, 0.5) is 10.9 Å². The molecule has 0 spiro atoms. The van der Waals surface area contributed by atoms with Crippen molar-refractivity contribution < 1.29 is 0 Å². The predicted octanol–water partition coefficient (Wildman–Crippen LogP) is 3.49. The van der Waals surface area contributed by atoms with Crippen LogP contribution in [-0.4, -0.2) is 24.8 Å². The van der Waals surface area contributed by atoms with Crippen molar-refractivity contribution in [2.45, 2.75) is 25.8 Å². The van der Waals surface area contributed by atoms with E-state index < -0.39 is 0 Å². The molecule has 0 aliphatic carbocycles. The van der Waals surface area contributed by atoms with E-state index in [1.807, 2.05) is 30.3 Å². The second kappa shape index (κ2) is 6.72. The molecule has 1 aromatic carbocycles. The van der Waals surface area contributed by atoms with E-state index in [0.29, 0.717) is 11.0 Å². The van der Waals surface area contributed by atoms with E-state index in [2.05, 4.69) is 51.6 Å². The van der Waals surface area contributed by atoms with Crippen LogP contribution >= 0.6 is 11.3 Å². The topological polar surface area (TPSA) is 94.0 Å². The Labute approximate surface area is 154 Å². The molecule has 8 heteroatoms. The Morgan fingerprint density at radius 2 is 1.92 bits per heavy atom.